The molecular formula is C24H22BrClN2O3. The molecule has 0 unspecified atom stereocenters. The van der Waals surface area contributed by atoms with Gasteiger partial charge in [-0.2, -0.15) is 5.10 Å². The molecule has 7 heteroatoms. The number of ether oxygens (including phenoxy) is 2. The summed E-state index contributed by atoms with van der Waals surface area (Å²) in [6.07, 6.45) is 1.54. The lowest BCUT2D eigenvalue weighted by molar-refractivity contribution is 0.0955. The van der Waals surface area contributed by atoms with Crippen LogP contribution in [0, 0.1) is 6.92 Å². The Hall–Kier alpha value is -2.83. The highest BCUT2D eigenvalue weighted by molar-refractivity contribution is 9.10. The van der Waals surface area contributed by atoms with Crippen molar-refractivity contribution in [2.75, 3.05) is 6.61 Å². The molecule has 5 nitrogen and oxygen atoms in total. The SMILES string of the molecule is CCOc1cc(/C=N\NC(=O)c2ccc(C)c(Cl)c2)c(Br)cc1OCc1ccccc1. The van der Waals surface area contributed by atoms with Crippen molar-refractivity contribution in [3.63, 3.8) is 0 Å². The number of aryl methyl sites for hydroxylation is 1. The number of nitrogens with zero attached hydrogens (tertiary/aromatic N) is 1. The number of amides is 1. The zero-order chi connectivity index (χ0) is 22.2. The summed E-state index contributed by atoms with van der Waals surface area (Å²) in [5.41, 5.74) is 5.65. The van der Waals surface area contributed by atoms with E-state index >= 15 is 0 Å². The van der Waals surface area contributed by atoms with Crippen LogP contribution in [0.3, 0.4) is 0 Å². The van der Waals surface area contributed by atoms with Gasteiger partial charge in [-0.3, -0.25) is 4.79 Å². The third kappa shape index (κ3) is 6.32. The molecule has 1 N–H and O–H groups in total. The number of benzene rings is 3. The van der Waals surface area contributed by atoms with E-state index in [0.717, 1.165) is 21.2 Å². The number of carbonyl (C=O) groups is 1. The lowest BCUT2D eigenvalue weighted by atomic mass is 10.1. The molecule has 0 saturated heterocycles. The number of halogens is 2. The summed E-state index contributed by atoms with van der Waals surface area (Å²) >= 11 is 9.62. The Labute approximate surface area is 195 Å². The Balaban J connectivity index is 1.72. The minimum Gasteiger partial charge on any atom is -0.490 e. The first-order valence-corrected chi connectivity index (χ1v) is 10.9. The van der Waals surface area contributed by atoms with Crippen molar-refractivity contribution < 1.29 is 14.3 Å². The van der Waals surface area contributed by atoms with Crippen molar-refractivity contribution >= 4 is 39.7 Å². The maximum atomic E-state index is 12.3. The van der Waals surface area contributed by atoms with E-state index in [2.05, 4.69) is 26.5 Å². The third-order valence-corrected chi connectivity index (χ3v) is 5.50. The molecule has 160 valence electrons. The number of hydrazone groups is 1. The molecule has 0 aromatic heterocycles. The Kier molecular flexibility index (Phi) is 8.09. The summed E-state index contributed by atoms with van der Waals surface area (Å²) in [6, 6.07) is 18.7. The molecule has 0 spiro atoms. The molecule has 0 aliphatic carbocycles. The number of nitrogens with one attached hydrogen (secondary N) is 1. The molecule has 0 heterocycles. The predicted octanol–water partition coefficient (Wildman–Crippen LogP) is 6.15. The summed E-state index contributed by atoms with van der Waals surface area (Å²) in [4.78, 5) is 12.3. The van der Waals surface area contributed by atoms with Crippen molar-refractivity contribution in [2.24, 2.45) is 5.10 Å². The van der Waals surface area contributed by atoms with E-state index in [1.807, 2.05) is 56.3 Å². The van der Waals surface area contributed by atoms with Crippen molar-refractivity contribution in [3.05, 3.63) is 92.4 Å². The van der Waals surface area contributed by atoms with Gasteiger partial charge in [0, 0.05) is 20.6 Å². The second kappa shape index (κ2) is 11.0. The topological polar surface area (TPSA) is 59.9 Å². The molecule has 3 rings (SSSR count). The quantitative estimate of drug-likeness (QED) is 0.297. The Bertz CT molecular complexity index is 1090. The second-order valence-corrected chi connectivity index (χ2v) is 7.95. The standard InChI is InChI=1S/C24H22BrClN2O3/c1-3-30-22-12-19(14-27-28-24(29)18-10-9-16(2)21(26)11-18)20(25)13-23(22)31-15-17-7-5-4-6-8-17/h4-14H,3,15H2,1-2H3,(H,28,29)/b27-14-. The van der Waals surface area contributed by atoms with Gasteiger partial charge in [0.1, 0.15) is 6.61 Å². The van der Waals surface area contributed by atoms with Gasteiger partial charge >= 0.3 is 0 Å². The summed E-state index contributed by atoms with van der Waals surface area (Å²) in [5, 5.41) is 4.60. The van der Waals surface area contributed by atoms with Gasteiger partial charge in [0.05, 0.1) is 12.8 Å². The lowest BCUT2D eigenvalue weighted by Gasteiger charge is -2.14. The Morgan fingerprint density at radius 3 is 2.55 bits per heavy atom. The molecule has 0 atom stereocenters. The number of hydrogen-bond donors (Lipinski definition) is 1. The van der Waals surface area contributed by atoms with Gasteiger partial charge in [-0.15, -0.1) is 0 Å². The number of carbonyl (C=O) groups excluding carboxylic acids is 1. The van der Waals surface area contributed by atoms with Crippen molar-refractivity contribution in [1.29, 1.82) is 0 Å². The highest BCUT2D eigenvalue weighted by atomic mass is 79.9. The summed E-state index contributed by atoms with van der Waals surface area (Å²) in [7, 11) is 0. The maximum absolute atomic E-state index is 12.3. The molecule has 3 aromatic carbocycles. The smallest absolute Gasteiger partial charge is 0.271 e. The van der Waals surface area contributed by atoms with Crippen molar-refractivity contribution in [2.45, 2.75) is 20.5 Å². The minimum absolute atomic E-state index is 0.345. The van der Waals surface area contributed by atoms with Gasteiger partial charge in [-0.05, 0) is 65.2 Å². The van der Waals surface area contributed by atoms with E-state index in [1.54, 1.807) is 24.4 Å². The zero-order valence-corrected chi connectivity index (χ0v) is 19.5. The van der Waals surface area contributed by atoms with Gasteiger partial charge in [-0.1, -0.05) is 48.0 Å². The third-order valence-electron chi connectivity index (χ3n) is 4.40. The summed E-state index contributed by atoms with van der Waals surface area (Å²) in [6.45, 7) is 4.70. The van der Waals surface area contributed by atoms with Gasteiger partial charge in [-0.25, -0.2) is 5.43 Å². The first kappa shape index (κ1) is 22.8. The van der Waals surface area contributed by atoms with Gasteiger partial charge in [0.15, 0.2) is 11.5 Å². The molecule has 0 fully saturated rings. The molecule has 3 aromatic rings. The van der Waals surface area contributed by atoms with Crippen LogP contribution in [0.15, 0.2) is 70.2 Å². The maximum Gasteiger partial charge on any atom is 0.271 e. The minimum atomic E-state index is -0.345. The largest absolute Gasteiger partial charge is 0.490 e. The van der Waals surface area contributed by atoms with Crippen LogP contribution in [0.25, 0.3) is 0 Å². The molecule has 1 amide bonds. The Morgan fingerprint density at radius 1 is 1.10 bits per heavy atom. The van der Waals surface area contributed by atoms with Crippen molar-refractivity contribution in [1.82, 2.24) is 5.43 Å². The summed E-state index contributed by atoms with van der Waals surface area (Å²) in [5.74, 6) is 0.870. The van der Waals surface area contributed by atoms with Crippen LogP contribution < -0.4 is 14.9 Å². The summed E-state index contributed by atoms with van der Waals surface area (Å²) < 4.78 is 12.4. The number of rotatable bonds is 8. The molecule has 0 aliphatic heterocycles. The van der Waals surface area contributed by atoms with Crippen LogP contribution in [0.4, 0.5) is 0 Å². The lowest BCUT2D eigenvalue weighted by Crippen LogP contribution is -2.17. The van der Waals surface area contributed by atoms with E-state index in [4.69, 9.17) is 21.1 Å². The normalized spacial score (nSPS) is 10.8. The fraction of sp³-hybridized carbons (Fsp3) is 0.167. The molecule has 0 saturated carbocycles. The average Bonchev–Trinajstić information content (AvgIpc) is 2.77. The first-order valence-electron chi connectivity index (χ1n) is 9.70. The van der Waals surface area contributed by atoms with Crippen LogP contribution in [-0.4, -0.2) is 18.7 Å². The van der Waals surface area contributed by atoms with E-state index in [1.165, 1.54) is 0 Å². The van der Waals surface area contributed by atoms with Crippen LogP contribution in [-0.2, 0) is 6.61 Å². The second-order valence-electron chi connectivity index (χ2n) is 6.69. The van der Waals surface area contributed by atoms with Crippen LogP contribution in [0.5, 0.6) is 11.5 Å². The fourth-order valence-electron chi connectivity index (χ4n) is 2.73. The first-order chi connectivity index (χ1) is 15.0. The Morgan fingerprint density at radius 2 is 1.84 bits per heavy atom. The molecule has 0 bridgehead atoms. The molecule has 0 aliphatic rings. The van der Waals surface area contributed by atoms with Crippen LogP contribution >= 0.6 is 27.5 Å². The van der Waals surface area contributed by atoms with Crippen LogP contribution in [0.2, 0.25) is 5.02 Å². The van der Waals surface area contributed by atoms with Gasteiger partial charge < -0.3 is 9.47 Å². The van der Waals surface area contributed by atoms with Crippen LogP contribution in [0.1, 0.15) is 34.0 Å². The van der Waals surface area contributed by atoms with E-state index < -0.39 is 0 Å². The highest BCUT2D eigenvalue weighted by Crippen LogP contribution is 2.33. The predicted molar refractivity (Wildman–Crippen MR) is 127 cm³/mol. The monoisotopic (exact) mass is 500 g/mol. The van der Waals surface area contributed by atoms with Gasteiger partial charge in [0.2, 0.25) is 0 Å². The molecular weight excluding hydrogens is 480 g/mol. The van der Waals surface area contributed by atoms with E-state index in [0.29, 0.717) is 35.3 Å². The highest BCUT2D eigenvalue weighted by Gasteiger charge is 2.11. The molecule has 31 heavy (non-hydrogen) atoms. The zero-order valence-electron chi connectivity index (χ0n) is 17.2. The fourth-order valence-corrected chi connectivity index (χ4v) is 3.33. The number of hydrogen-bond acceptors (Lipinski definition) is 4. The van der Waals surface area contributed by atoms with Crippen molar-refractivity contribution in [3.8, 4) is 11.5 Å². The molecule has 0 radical (unpaired) electrons. The van der Waals surface area contributed by atoms with E-state index in [-0.39, 0.29) is 5.91 Å². The van der Waals surface area contributed by atoms with Gasteiger partial charge in [0.25, 0.3) is 5.91 Å². The average molecular weight is 502 g/mol. The van der Waals surface area contributed by atoms with E-state index in [9.17, 15) is 4.79 Å².